The van der Waals surface area contributed by atoms with E-state index in [1.807, 2.05) is 17.9 Å². The predicted octanol–water partition coefficient (Wildman–Crippen LogP) is 2.08. The molecule has 1 aliphatic rings. The summed E-state index contributed by atoms with van der Waals surface area (Å²) in [5, 5.41) is 8.96. The highest BCUT2D eigenvalue weighted by Crippen LogP contribution is 2.27. The molecule has 0 aliphatic carbocycles. The van der Waals surface area contributed by atoms with Crippen molar-refractivity contribution >= 4 is 0 Å². The molecule has 3 rings (SSSR count). The highest BCUT2D eigenvalue weighted by Gasteiger charge is 2.24. The molecule has 0 bridgehead atoms. The number of rotatable bonds is 4. The summed E-state index contributed by atoms with van der Waals surface area (Å²) in [4.78, 5) is 2.48. The van der Waals surface area contributed by atoms with E-state index in [1.54, 1.807) is 7.11 Å². The summed E-state index contributed by atoms with van der Waals surface area (Å²) >= 11 is 0. The van der Waals surface area contributed by atoms with Gasteiger partial charge < -0.3 is 4.74 Å². The third-order valence-corrected chi connectivity index (χ3v) is 4.45. The van der Waals surface area contributed by atoms with Gasteiger partial charge in [-0.15, -0.1) is 0 Å². The summed E-state index contributed by atoms with van der Waals surface area (Å²) in [5.74, 6) is 0.870. The first kappa shape index (κ1) is 15.1. The molecule has 2 aromatic heterocycles. The lowest BCUT2D eigenvalue weighted by atomic mass is 10.0. The molecule has 6 heteroatoms. The summed E-state index contributed by atoms with van der Waals surface area (Å²) < 4.78 is 9.45. The number of nitrogens with zero attached hydrogens (tertiary/aromatic N) is 5. The molecule has 0 radical (unpaired) electrons. The van der Waals surface area contributed by atoms with Crippen LogP contribution in [0.15, 0.2) is 12.4 Å². The van der Waals surface area contributed by atoms with Crippen molar-refractivity contribution < 1.29 is 4.74 Å². The van der Waals surface area contributed by atoms with Crippen LogP contribution in [0.1, 0.15) is 35.7 Å². The van der Waals surface area contributed by atoms with Crippen molar-refractivity contribution in [3.8, 4) is 5.88 Å². The van der Waals surface area contributed by atoms with Crippen LogP contribution in [0.2, 0.25) is 0 Å². The van der Waals surface area contributed by atoms with Crippen LogP contribution >= 0.6 is 0 Å². The first-order valence-electron chi connectivity index (χ1n) is 7.88. The zero-order chi connectivity index (χ0) is 15.7. The van der Waals surface area contributed by atoms with Crippen LogP contribution in [0.5, 0.6) is 5.88 Å². The van der Waals surface area contributed by atoms with Crippen LogP contribution in [-0.2, 0) is 13.6 Å². The first-order valence-corrected chi connectivity index (χ1v) is 7.88. The van der Waals surface area contributed by atoms with Gasteiger partial charge in [-0.3, -0.25) is 9.58 Å². The molecule has 0 N–H and O–H groups in total. The summed E-state index contributed by atoms with van der Waals surface area (Å²) in [5.41, 5.74) is 3.47. The van der Waals surface area contributed by atoms with Crippen molar-refractivity contribution in [3.05, 3.63) is 29.2 Å². The van der Waals surface area contributed by atoms with E-state index in [9.17, 15) is 0 Å². The quantitative estimate of drug-likeness (QED) is 0.867. The third-order valence-electron chi connectivity index (χ3n) is 4.45. The van der Waals surface area contributed by atoms with E-state index in [4.69, 9.17) is 4.74 Å². The van der Waals surface area contributed by atoms with E-state index in [0.717, 1.165) is 31.2 Å². The van der Waals surface area contributed by atoms with Gasteiger partial charge in [0.05, 0.1) is 30.6 Å². The zero-order valence-electron chi connectivity index (χ0n) is 13.9. The molecule has 2 aromatic rings. The van der Waals surface area contributed by atoms with Crippen LogP contribution in [0.4, 0.5) is 0 Å². The highest BCUT2D eigenvalue weighted by atomic mass is 16.5. The third kappa shape index (κ3) is 2.88. The maximum absolute atomic E-state index is 5.51. The van der Waals surface area contributed by atoms with Crippen molar-refractivity contribution in [2.75, 3.05) is 20.2 Å². The van der Waals surface area contributed by atoms with Crippen molar-refractivity contribution in [1.82, 2.24) is 24.5 Å². The fourth-order valence-electron chi connectivity index (χ4n) is 3.37. The SMILES string of the molecule is COc1c(CN2CCCC(n3cc(C)cn3)C2)c(C)nn1C. The lowest BCUT2D eigenvalue weighted by Gasteiger charge is -2.32. The largest absolute Gasteiger partial charge is 0.481 e. The van der Waals surface area contributed by atoms with Crippen LogP contribution < -0.4 is 4.74 Å². The van der Waals surface area contributed by atoms with Crippen molar-refractivity contribution in [1.29, 1.82) is 0 Å². The summed E-state index contributed by atoms with van der Waals surface area (Å²) in [6, 6.07) is 0.463. The number of hydrogen-bond donors (Lipinski definition) is 0. The normalized spacial score (nSPS) is 19.5. The van der Waals surface area contributed by atoms with Gasteiger partial charge in [0.15, 0.2) is 0 Å². The second kappa shape index (κ2) is 6.12. The van der Waals surface area contributed by atoms with E-state index in [1.165, 1.54) is 24.0 Å². The van der Waals surface area contributed by atoms with E-state index in [0.29, 0.717) is 6.04 Å². The monoisotopic (exact) mass is 303 g/mol. The molecule has 120 valence electrons. The van der Waals surface area contributed by atoms with Gasteiger partial charge >= 0.3 is 0 Å². The Labute approximate surface area is 131 Å². The minimum atomic E-state index is 0.463. The van der Waals surface area contributed by atoms with E-state index < -0.39 is 0 Å². The number of methoxy groups -OCH3 is 1. The van der Waals surface area contributed by atoms with Gasteiger partial charge in [-0.1, -0.05) is 0 Å². The Hall–Kier alpha value is -1.82. The Bertz CT molecular complexity index is 645. The van der Waals surface area contributed by atoms with Gasteiger partial charge in [0.1, 0.15) is 0 Å². The van der Waals surface area contributed by atoms with Gasteiger partial charge in [-0.05, 0) is 38.8 Å². The minimum absolute atomic E-state index is 0.463. The molecule has 1 saturated heterocycles. The molecule has 22 heavy (non-hydrogen) atoms. The standard InChI is InChI=1S/C16H25N5O/c1-12-8-17-21(9-12)14-6-5-7-20(10-14)11-15-13(2)18-19(3)16(15)22-4/h8-9,14H,5-7,10-11H2,1-4H3. The smallest absolute Gasteiger partial charge is 0.216 e. The van der Waals surface area contributed by atoms with Crippen LogP contribution in [-0.4, -0.2) is 44.7 Å². The maximum Gasteiger partial charge on any atom is 0.216 e. The minimum Gasteiger partial charge on any atom is -0.481 e. The Morgan fingerprint density at radius 2 is 2.18 bits per heavy atom. The molecular formula is C16H25N5O. The zero-order valence-corrected chi connectivity index (χ0v) is 13.9. The lowest BCUT2D eigenvalue weighted by Crippen LogP contribution is -2.36. The Kier molecular flexibility index (Phi) is 4.20. The molecule has 6 nitrogen and oxygen atoms in total. The topological polar surface area (TPSA) is 48.1 Å². The van der Waals surface area contributed by atoms with Crippen LogP contribution in [0.3, 0.4) is 0 Å². The van der Waals surface area contributed by atoms with Gasteiger partial charge in [0.25, 0.3) is 0 Å². The highest BCUT2D eigenvalue weighted by molar-refractivity contribution is 5.30. The Morgan fingerprint density at radius 3 is 2.86 bits per heavy atom. The molecular weight excluding hydrogens is 278 g/mol. The molecule has 1 unspecified atom stereocenters. The number of ether oxygens (including phenoxy) is 1. The molecule has 0 spiro atoms. The number of hydrogen-bond acceptors (Lipinski definition) is 4. The lowest BCUT2D eigenvalue weighted by molar-refractivity contribution is 0.161. The molecule has 0 saturated carbocycles. The van der Waals surface area contributed by atoms with Crippen molar-refractivity contribution in [3.63, 3.8) is 0 Å². The second-order valence-electron chi connectivity index (χ2n) is 6.23. The van der Waals surface area contributed by atoms with Crippen LogP contribution in [0, 0.1) is 13.8 Å². The number of likely N-dealkylation sites (tertiary alicyclic amines) is 1. The molecule has 0 aromatic carbocycles. The Balaban J connectivity index is 1.73. The molecule has 1 atom stereocenters. The number of aryl methyl sites for hydroxylation is 3. The van der Waals surface area contributed by atoms with Gasteiger partial charge in [0, 0.05) is 26.3 Å². The summed E-state index contributed by atoms with van der Waals surface area (Å²) in [7, 11) is 3.65. The van der Waals surface area contributed by atoms with E-state index in [-0.39, 0.29) is 0 Å². The van der Waals surface area contributed by atoms with Crippen molar-refractivity contribution in [2.45, 2.75) is 39.3 Å². The second-order valence-corrected chi connectivity index (χ2v) is 6.23. The first-order chi connectivity index (χ1) is 10.6. The van der Waals surface area contributed by atoms with E-state index >= 15 is 0 Å². The van der Waals surface area contributed by atoms with Gasteiger partial charge in [-0.2, -0.15) is 10.2 Å². The number of piperidine rings is 1. The number of aromatic nitrogens is 4. The average Bonchev–Trinajstić information content (AvgIpc) is 3.04. The van der Waals surface area contributed by atoms with E-state index in [2.05, 4.69) is 39.8 Å². The fraction of sp³-hybridized carbons (Fsp3) is 0.625. The maximum atomic E-state index is 5.51. The molecule has 1 aliphatic heterocycles. The fourth-order valence-corrected chi connectivity index (χ4v) is 3.37. The molecule has 3 heterocycles. The van der Waals surface area contributed by atoms with Crippen LogP contribution in [0.25, 0.3) is 0 Å². The van der Waals surface area contributed by atoms with Gasteiger partial charge in [0.2, 0.25) is 5.88 Å². The summed E-state index contributed by atoms with van der Waals surface area (Å²) in [6.45, 7) is 7.18. The molecule has 1 fully saturated rings. The average molecular weight is 303 g/mol. The predicted molar refractivity (Wildman–Crippen MR) is 85.0 cm³/mol. The molecule has 0 amide bonds. The summed E-state index contributed by atoms with van der Waals surface area (Å²) in [6.07, 6.45) is 6.48. The van der Waals surface area contributed by atoms with Gasteiger partial charge in [-0.25, -0.2) is 4.68 Å². The van der Waals surface area contributed by atoms with Crippen molar-refractivity contribution in [2.24, 2.45) is 7.05 Å². The Morgan fingerprint density at radius 1 is 1.36 bits per heavy atom.